The van der Waals surface area contributed by atoms with E-state index in [4.69, 9.17) is 0 Å². The van der Waals surface area contributed by atoms with Crippen LogP contribution in [0.2, 0.25) is 0 Å². The van der Waals surface area contributed by atoms with E-state index < -0.39 is 22.3 Å². The van der Waals surface area contributed by atoms with Gasteiger partial charge in [0.2, 0.25) is 0 Å². The zero-order valence-corrected chi connectivity index (χ0v) is 6.55. The normalized spacial score (nSPS) is 28.3. The number of carbonyl (C=O) groups is 1. The maximum absolute atomic E-state index is 10.7. The van der Waals surface area contributed by atoms with Gasteiger partial charge in [0.1, 0.15) is 6.04 Å². The third-order valence-corrected chi connectivity index (χ3v) is 2.18. The molecule has 1 atom stereocenters. The molecule has 6 nitrogen and oxygen atoms in total. The molecule has 0 aromatic rings. The highest BCUT2D eigenvalue weighted by atomic mass is 32.2. The van der Waals surface area contributed by atoms with E-state index in [1.165, 1.54) is 7.11 Å². The molecule has 0 aromatic heterocycles. The fraction of sp³-hybridized carbons (Fsp3) is 0.750. The third kappa shape index (κ3) is 1.88. The van der Waals surface area contributed by atoms with Crippen molar-refractivity contribution in [3.63, 3.8) is 0 Å². The van der Waals surface area contributed by atoms with Gasteiger partial charge in [-0.15, -0.1) is 0 Å². The largest absolute Gasteiger partial charge is 0.468 e. The molecular weight excluding hydrogens is 174 g/mol. The van der Waals surface area contributed by atoms with Gasteiger partial charge >= 0.3 is 16.3 Å². The Labute approximate surface area is 63.7 Å². The maximum atomic E-state index is 10.7. The first kappa shape index (κ1) is 8.44. The Morgan fingerprint density at radius 3 is 2.73 bits per heavy atom. The Balaban J connectivity index is 2.62. The zero-order valence-electron chi connectivity index (χ0n) is 5.73. The van der Waals surface area contributed by atoms with Gasteiger partial charge in [-0.05, 0) is 0 Å². The van der Waals surface area contributed by atoms with Gasteiger partial charge in [-0.1, -0.05) is 0 Å². The first-order valence-electron chi connectivity index (χ1n) is 2.79. The molecule has 1 aliphatic heterocycles. The van der Waals surface area contributed by atoms with Crippen LogP contribution in [0.5, 0.6) is 0 Å². The lowest BCUT2D eigenvalue weighted by Gasteiger charge is -2.01. The van der Waals surface area contributed by atoms with Crippen molar-refractivity contribution in [1.29, 1.82) is 0 Å². The number of esters is 1. The molecule has 0 aliphatic carbocycles. The molecule has 0 radical (unpaired) electrons. The van der Waals surface area contributed by atoms with Crippen LogP contribution in [0.1, 0.15) is 0 Å². The summed E-state index contributed by atoms with van der Waals surface area (Å²) >= 11 is 0. The Hall–Kier alpha value is -0.660. The zero-order chi connectivity index (χ0) is 8.48. The first-order valence-corrected chi connectivity index (χ1v) is 4.20. The Kier molecular flexibility index (Phi) is 2.12. The molecule has 0 unspecified atom stereocenters. The Morgan fingerprint density at radius 1 is 1.73 bits per heavy atom. The van der Waals surface area contributed by atoms with Crippen molar-refractivity contribution in [2.24, 2.45) is 0 Å². The van der Waals surface area contributed by atoms with Crippen molar-refractivity contribution >= 4 is 16.3 Å². The topological polar surface area (TPSA) is 81.7 Å². The predicted molar refractivity (Wildman–Crippen MR) is 33.8 cm³/mol. The van der Waals surface area contributed by atoms with Crippen molar-refractivity contribution in [3.05, 3.63) is 0 Å². The molecule has 7 heteroatoms. The van der Waals surface area contributed by atoms with Crippen molar-refractivity contribution in [2.75, 3.05) is 13.7 Å². The van der Waals surface area contributed by atoms with E-state index in [1.54, 1.807) is 0 Å². The van der Waals surface area contributed by atoms with Gasteiger partial charge in [-0.3, -0.25) is 8.98 Å². The molecule has 0 aromatic carbocycles. The van der Waals surface area contributed by atoms with Crippen LogP contribution in [0.4, 0.5) is 0 Å². The minimum absolute atomic E-state index is 0.199. The van der Waals surface area contributed by atoms with E-state index in [1.807, 2.05) is 4.72 Å². The molecule has 0 saturated carbocycles. The van der Waals surface area contributed by atoms with Gasteiger partial charge in [0, 0.05) is 0 Å². The second kappa shape index (κ2) is 2.76. The number of carbonyl (C=O) groups excluding carboxylic acids is 1. The second-order valence-corrected chi connectivity index (χ2v) is 3.31. The minimum atomic E-state index is -3.70. The quantitative estimate of drug-likeness (QED) is 0.492. The summed E-state index contributed by atoms with van der Waals surface area (Å²) in [7, 11) is -2.53. The highest BCUT2D eigenvalue weighted by molar-refractivity contribution is 7.85. The summed E-state index contributed by atoms with van der Waals surface area (Å²) in [6.45, 7) is -0.199. The van der Waals surface area contributed by atoms with Crippen LogP contribution in [0.3, 0.4) is 0 Å². The van der Waals surface area contributed by atoms with Gasteiger partial charge in [0.25, 0.3) is 0 Å². The number of hydrogen-bond donors (Lipinski definition) is 1. The molecule has 1 saturated heterocycles. The van der Waals surface area contributed by atoms with Crippen LogP contribution in [0.15, 0.2) is 0 Å². The van der Waals surface area contributed by atoms with Gasteiger partial charge < -0.3 is 4.74 Å². The molecule has 0 bridgehead atoms. The molecule has 1 aliphatic rings. The minimum Gasteiger partial charge on any atom is -0.468 e. The van der Waals surface area contributed by atoms with Crippen LogP contribution in [0, 0.1) is 0 Å². The van der Waals surface area contributed by atoms with Crippen LogP contribution < -0.4 is 4.72 Å². The van der Waals surface area contributed by atoms with E-state index in [-0.39, 0.29) is 6.61 Å². The standard InChI is InChI=1S/C4H7NO5S/c1-9-4(6)3-2-10-11(7,8)5-3/h3,5H,2H2,1H3/t3-/m0/s1. The van der Waals surface area contributed by atoms with E-state index in [9.17, 15) is 13.2 Å². The van der Waals surface area contributed by atoms with Crippen LogP contribution in [-0.4, -0.2) is 34.1 Å². The summed E-state index contributed by atoms with van der Waals surface area (Å²) < 4.78 is 31.5. The molecular formula is C4H7NO5S. The van der Waals surface area contributed by atoms with Crippen LogP contribution in [-0.2, 0) is 24.0 Å². The van der Waals surface area contributed by atoms with Crippen molar-refractivity contribution in [3.8, 4) is 0 Å². The molecule has 64 valence electrons. The lowest BCUT2D eigenvalue weighted by atomic mass is 10.3. The molecule has 1 fully saturated rings. The van der Waals surface area contributed by atoms with E-state index >= 15 is 0 Å². The summed E-state index contributed by atoms with van der Waals surface area (Å²) in [6.07, 6.45) is 0. The summed E-state index contributed by atoms with van der Waals surface area (Å²) in [5.41, 5.74) is 0. The van der Waals surface area contributed by atoms with E-state index in [2.05, 4.69) is 8.92 Å². The van der Waals surface area contributed by atoms with Gasteiger partial charge in [0.15, 0.2) is 0 Å². The lowest BCUT2D eigenvalue weighted by Crippen LogP contribution is -2.35. The number of rotatable bonds is 1. The number of ether oxygens (including phenoxy) is 1. The molecule has 1 N–H and O–H groups in total. The number of nitrogens with one attached hydrogen (secondary N) is 1. The van der Waals surface area contributed by atoms with Crippen LogP contribution >= 0.6 is 0 Å². The summed E-state index contributed by atoms with van der Waals surface area (Å²) in [4.78, 5) is 10.7. The molecule has 0 amide bonds. The average Bonchev–Trinajstić information content (AvgIpc) is 2.29. The molecule has 1 rings (SSSR count). The summed E-state index contributed by atoms with van der Waals surface area (Å²) in [5.74, 6) is -0.647. The third-order valence-electron chi connectivity index (χ3n) is 1.16. The van der Waals surface area contributed by atoms with E-state index in [0.29, 0.717) is 0 Å². The molecule has 11 heavy (non-hydrogen) atoms. The number of hydrogen-bond acceptors (Lipinski definition) is 5. The fourth-order valence-electron chi connectivity index (χ4n) is 0.658. The second-order valence-electron chi connectivity index (χ2n) is 1.93. The van der Waals surface area contributed by atoms with Crippen molar-refractivity contribution in [2.45, 2.75) is 6.04 Å². The fourth-order valence-corrected chi connectivity index (χ4v) is 1.55. The van der Waals surface area contributed by atoms with Gasteiger partial charge in [-0.25, -0.2) is 0 Å². The summed E-state index contributed by atoms with van der Waals surface area (Å²) in [5, 5.41) is 0. The Morgan fingerprint density at radius 2 is 2.36 bits per heavy atom. The highest BCUT2D eigenvalue weighted by Crippen LogP contribution is 2.04. The lowest BCUT2D eigenvalue weighted by molar-refractivity contribution is -0.142. The van der Waals surface area contributed by atoms with E-state index in [0.717, 1.165) is 0 Å². The SMILES string of the molecule is COC(=O)[C@@H]1COS(=O)(=O)N1. The van der Waals surface area contributed by atoms with Gasteiger partial charge in [-0.2, -0.15) is 13.1 Å². The molecule has 0 spiro atoms. The monoisotopic (exact) mass is 181 g/mol. The molecule has 1 heterocycles. The number of methoxy groups -OCH3 is 1. The maximum Gasteiger partial charge on any atom is 0.336 e. The van der Waals surface area contributed by atoms with Crippen LogP contribution in [0.25, 0.3) is 0 Å². The summed E-state index contributed by atoms with van der Waals surface area (Å²) in [6, 6.07) is -0.898. The van der Waals surface area contributed by atoms with Crippen molar-refractivity contribution in [1.82, 2.24) is 4.72 Å². The average molecular weight is 181 g/mol. The smallest absolute Gasteiger partial charge is 0.336 e. The predicted octanol–water partition coefficient (Wildman–Crippen LogP) is -1.61. The van der Waals surface area contributed by atoms with Crippen molar-refractivity contribution < 1.29 is 22.1 Å². The van der Waals surface area contributed by atoms with Gasteiger partial charge in [0.05, 0.1) is 13.7 Å². The Bertz CT molecular complexity index is 258. The highest BCUT2D eigenvalue weighted by Gasteiger charge is 2.33. The first-order chi connectivity index (χ1) is 5.05.